The van der Waals surface area contributed by atoms with Crippen molar-refractivity contribution in [2.75, 3.05) is 0 Å². The Kier molecular flexibility index (Phi) is 2.99. The van der Waals surface area contributed by atoms with E-state index in [1.165, 1.54) is 10.0 Å². The minimum absolute atomic E-state index is 0.375. The molecule has 0 heterocycles. The third kappa shape index (κ3) is 2.22. The Hall–Kier alpha value is 0.0187. The van der Waals surface area contributed by atoms with Crippen molar-refractivity contribution in [3.63, 3.8) is 0 Å². The van der Waals surface area contributed by atoms with E-state index in [0.717, 1.165) is 0 Å². The van der Waals surface area contributed by atoms with E-state index < -0.39 is 0 Å². The summed E-state index contributed by atoms with van der Waals surface area (Å²) in [5.41, 5.74) is 1.83. The van der Waals surface area contributed by atoms with Crippen LogP contribution in [-0.4, -0.2) is 22.5 Å². The van der Waals surface area contributed by atoms with Crippen LogP contribution in [-0.2, 0) is 5.41 Å². The van der Waals surface area contributed by atoms with Gasteiger partial charge in [0.05, 0.1) is 0 Å². The van der Waals surface area contributed by atoms with Crippen molar-refractivity contribution in [1.29, 1.82) is 0 Å². The molecule has 0 bridgehead atoms. The van der Waals surface area contributed by atoms with Crippen LogP contribution < -0.4 is 0 Å². The molecule has 0 aliphatic heterocycles. The second-order valence-corrected chi connectivity index (χ2v) is 4.44. The maximum atomic E-state index is 2.30. The Morgan fingerprint density at radius 2 is 1.73 bits per heavy atom. The Morgan fingerprint density at radius 3 is 2.18 bits per heavy atom. The molecule has 0 aliphatic carbocycles. The molecule has 0 aliphatic rings. The van der Waals surface area contributed by atoms with Crippen molar-refractivity contribution in [2.45, 2.75) is 23.7 Å². The van der Waals surface area contributed by atoms with Gasteiger partial charge in [-0.15, -0.1) is 0 Å². The van der Waals surface area contributed by atoms with Gasteiger partial charge in [0.2, 0.25) is 0 Å². The van der Waals surface area contributed by atoms with E-state index in [9.17, 15) is 0 Å². The predicted octanol–water partition coefficient (Wildman–Crippen LogP) is 2.55. The summed E-state index contributed by atoms with van der Waals surface area (Å²) in [6, 6.07) is 10.7. The molecule has 0 saturated heterocycles. The average molecular weight is 252 g/mol. The fraction of sp³-hybridized carbons (Fsp3) is 0.400. The van der Waals surface area contributed by atoms with Gasteiger partial charge in [-0.25, -0.2) is 0 Å². The summed E-state index contributed by atoms with van der Waals surface area (Å²) >= 11 is 1.62. The molecule has 0 unspecified atom stereocenters. The van der Waals surface area contributed by atoms with E-state index in [4.69, 9.17) is 0 Å². The Labute approximate surface area is 82.1 Å². The van der Waals surface area contributed by atoms with Gasteiger partial charge < -0.3 is 0 Å². The zero-order valence-corrected chi connectivity index (χ0v) is 9.95. The van der Waals surface area contributed by atoms with Gasteiger partial charge in [-0.05, 0) is 0 Å². The average Bonchev–Trinajstić information content (AvgIpc) is 2.06. The third-order valence-corrected chi connectivity index (χ3v) is 4.52. The number of rotatable bonds is 2. The molecule has 11 heavy (non-hydrogen) atoms. The molecule has 3 radical (unpaired) electrons. The first kappa shape index (κ1) is 9.11. The quantitative estimate of drug-likeness (QED) is 0.709. The zero-order valence-electron chi connectivity index (χ0n) is 7.09. The van der Waals surface area contributed by atoms with Gasteiger partial charge in [0.15, 0.2) is 0 Å². The molecule has 1 rings (SSSR count). The van der Waals surface area contributed by atoms with Gasteiger partial charge in [-0.2, -0.15) is 0 Å². The summed E-state index contributed by atoms with van der Waals surface area (Å²) in [7, 11) is 0. The number of hydrogen-bond donors (Lipinski definition) is 0. The fourth-order valence-electron chi connectivity index (χ4n) is 0.991. The molecule has 0 atom stereocenters. The first-order valence-electron chi connectivity index (χ1n) is 3.87. The van der Waals surface area contributed by atoms with Crippen molar-refractivity contribution >= 4 is 22.5 Å². The fourth-order valence-corrected chi connectivity index (χ4v) is 1.57. The van der Waals surface area contributed by atoms with E-state index in [0.29, 0.717) is 5.41 Å². The first-order valence-corrected chi connectivity index (χ1v) is 5.89. The molecule has 0 saturated carbocycles. The van der Waals surface area contributed by atoms with Crippen LogP contribution in [0.4, 0.5) is 0 Å². The van der Waals surface area contributed by atoms with Crippen LogP contribution in [0.3, 0.4) is 0 Å². The third-order valence-electron chi connectivity index (χ3n) is 2.00. The number of hydrogen-bond acceptors (Lipinski definition) is 0. The summed E-state index contributed by atoms with van der Waals surface area (Å²) in [5.74, 6) is 0. The molecule has 0 amide bonds. The molecular formula is C10H13Sn. The van der Waals surface area contributed by atoms with Crippen LogP contribution in [0, 0.1) is 0 Å². The Bertz CT molecular complexity index is 214. The van der Waals surface area contributed by atoms with E-state index >= 15 is 0 Å². The molecule has 1 heteroatoms. The van der Waals surface area contributed by atoms with Crippen molar-refractivity contribution in [3.05, 3.63) is 35.9 Å². The minimum atomic E-state index is 0.375. The van der Waals surface area contributed by atoms with Crippen LogP contribution in [0.15, 0.2) is 30.3 Å². The van der Waals surface area contributed by atoms with Gasteiger partial charge in [-0.1, -0.05) is 0 Å². The van der Waals surface area contributed by atoms with E-state index in [2.05, 4.69) is 44.2 Å². The number of benzene rings is 1. The van der Waals surface area contributed by atoms with Crippen molar-refractivity contribution in [1.82, 2.24) is 0 Å². The summed E-state index contributed by atoms with van der Waals surface area (Å²) < 4.78 is 1.28. The molecule has 0 fully saturated rings. The second kappa shape index (κ2) is 3.61. The monoisotopic (exact) mass is 253 g/mol. The Morgan fingerprint density at radius 1 is 1.18 bits per heavy atom. The molecule has 0 aromatic heterocycles. The van der Waals surface area contributed by atoms with Crippen LogP contribution >= 0.6 is 0 Å². The van der Waals surface area contributed by atoms with Crippen LogP contribution in [0.2, 0.25) is 4.44 Å². The Balaban J connectivity index is 2.93. The van der Waals surface area contributed by atoms with Gasteiger partial charge in [0.25, 0.3) is 0 Å². The van der Waals surface area contributed by atoms with Crippen LogP contribution in [0.25, 0.3) is 0 Å². The summed E-state index contributed by atoms with van der Waals surface area (Å²) in [5, 5.41) is 0. The summed E-state index contributed by atoms with van der Waals surface area (Å²) in [4.78, 5) is 0. The van der Waals surface area contributed by atoms with E-state index in [1.54, 1.807) is 22.5 Å². The predicted molar refractivity (Wildman–Crippen MR) is 50.0 cm³/mol. The van der Waals surface area contributed by atoms with Gasteiger partial charge in [0, 0.05) is 0 Å². The molecule has 0 N–H and O–H groups in total. The first-order chi connectivity index (χ1) is 5.17. The molecule has 57 valence electrons. The van der Waals surface area contributed by atoms with Gasteiger partial charge >= 0.3 is 82.1 Å². The molecular weight excluding hydrogens is 239 g/mol. The molecule has 0 spiro atoms. The normalized spacial score (nSPS) is 11.5. The second-order valence-electron chi connectivity index (χ2n) is 3.43. The SMILES string of the molecule is CC(C)([CH2][Sn])c1ccccc1. The molecule has 1 aromatic rings. The topological polar surface area (TPSA) is 0 Å². The maximum absolute atomic E-state index is 2.30. The van der Waals surface area contributed by atoms with Crippen molar-refractivity contribution in [3.8, 4) is 0 Å². The molecule has 0 nitrogen and oxygen atoms in total. The van der Waals surface area contributed by atoms with E-state index in [-0.39, 0.29) is 0 Å². The summed E-state index contributed by atoms with van der Waals surface area (Å²) in [6.45, 7) is 4.61. The van der Waals surface area contributed by atoms with Crippen molar-refractivity contribution < 1.29 is 0 Å². The standard InChI is InChI=1S/C10H13.Sn/c1-10(2,3)9-7-5-4-6-8-9;/h4-8H,1H2,2-3H3;. The zero-order chi connectivity index (χ0) is 8.32. The van der Waals surface area contributed by atoms with Crippen LogP contribution in [0.5, 0.6) is 0 Å². The van der Waals surface area contributed by atoms with Crippen molar-refractivity contribution in [2.24, 2.45) is 0 Å². The van der Waals surface area contributed by atoms with Crippen LogP contribution in [0.1, 0.15) is 19.4 Å². The van der Waals surface area contributed by atoms with Gasteiger partial charge in [0.1, 0.15) is 0 Å². The van der Waals surface area contributed by atoms with E-state index in [1.807, 2.05) is 0 Å². The summed E-state index contributed by atoms with van der Waals surface area (Å²) in [6.07, 6.45) is 0. The van der Waals surface area contributed by atoms with Gasteiger partial charge in [-0.3, -0.25) is 0 Å². The molecule has 1 aromatic carbocycles.